The Balaban J connectivity index is 0.000000204. The third-order valence-corrected chi connectivity index (χ3v) is 10.6. The van der Waals surface area contributed by atoms with Crippen LogP contribution < -0.4 is 37.0 Å². The number of carbonyl (C=O) groups excluding carboxylic acids is 4. The lowest BCUT2D eigenvalue weighted by molar-refractivity contribution is -0.141. The fourth-order valence-electron chi connectivity index (χ4n) is 5.90. The van der Waals surface area contributed by atoms with Gasteiger partial charge in [-0.2, -0.15) is 0 Å². The molecule has 18 nitrogen and oxygen atoms in total. The quantitative estimate of drug-likeness (QED) is 0.0476. The van der Waals surface area contributed by atoms with E-state index in [4.69, 9.17) is 41.9 Å². The van der Waals surface area contributed by atoms with Crippen molar-refractivity contribution in [2.45, 2.75) is 64.8 Å². The Morgan fingerprint density at radius 1 is 0.600 bits per heavy atom. The molecule has 6 aromatic rings. The van der Waals surface area contributed by atoms with E-state index < -0.39 is 35.8 Å². The van der Waals surface area contributed by atoms with E-state index in [2.05, 4.69) is 40.0 Å². The van der Waals surface area contributed by atoms with Gasteiger partial charge in [0.1, 0.15) is 63.3 Å². The van der Waals surface area contributed by atoms with Gasteiger partial charge in [-0.3, -0.25) is 9.59 Å². The lowest BCUT2D eigenvalue weighted by atomic mass is 9.79. The molecule has 0 radical (unpaired) electrons. The van der Waals surface area contributed by atoms with Gasteiger partial charge in [0.15, 0.2) is 0 Å². The monoisotopic (exact) mass is 982 g/mol. The van der Waals surface area contributed by atoms with Gasteiger partial charge in [-0.1, -0.05) is 23.7 Å². The Morgan fingerprint density at radius 3 is 1.37 bits per heavy atom. The van der Waals surface area contributed by atoms with E-state index in [1.807, 2.05) is 52.0 Å². The number of nitrogens with two attached hydrogens (primary N) is 2. The maximum absolute atomic E-state index is 13.0. The van der Waals surface area contributed by atoms with Crippen LogP contribution in [0.1, 0.15) is 62.5 Å². The molecule has 22 heteroatoms. The van der Waals surface area contributed by atoms with Crippen LogP contribution in [0.15, 0.2) is 109 Å². The summed E-state index contributed by atoms with van der Waals surface area (Å²) in [5.74, 6) is -0.710. The van der Waals surface area contributed by atoms with E-state index in [-0.39, 0.29) is 58.4 Å². The maximum atomic E-state index is 13.0. The van der Waals surface area contributed by atoms with Crippen LogP contribution in [-0.4, -0.2) is 88.3 Å². The minimum Gasteiger partial charge on any atom is -0.467 e. The number of hydrogen-bond donors (Lipinski definition) is 4. The lowest BCUT2D eigenvalue weighted by Gasteiger charge is -2.32. The summed E-state index contributed by atoms with van der Waals surface area (Å²) < 4.78 is 58.4. The predicted octanol–water partition coefficient (Wildman–Crippen LogP) is 7.27. The highest BCUT2D eigenvalue weighted by Crippen LogP contribution is 2.36. The molecule has 70 heavy (non-hydrogen) atoms. The molecule has 0 aliphatic carbocycles. The lowest BCUT2D eigenvalue weighted by Crippen LogP contribution is -2.41. The second-order valence-electron chi connectivity index (χ2n) is 16.2. The smallest absolute Gasteiger partial charge is 0.467 e. The molecule has 1 aliphatic heterocycles. The number of amides is 2. The molecule has 2 aromatic heterocycles. The topological polar surface area (TPSA) is 251 Å². The zero-order valence-electron chi connectivity index (χ0n) is 39.3. The number of nitrogens with zero attached hydrogens (tertiary/aromatic N) is 4. The average molecular weight is 983 g/mol. The number of aromatic nitrogens is 4. The number of esters is 2. The van der Waals surface area contributed by atoms with Crippen LogP contribution in [0.5, 0.6) is 23.0 Å². The normalized spacial score (nSPS) is 14.0. The number of methoxy groups -OCH3 is 2. The highest BCUT2D eigenvalue weighted by atomic mass is 35.5. The van der Waals surface area contributed by atoms with E-state index in [1.165, 1.54) is 62.8 Å². The van der Waals surface area contributed by atoms with Crippen molar-refractivity contribution in [3.05, 3.63) is 137 Å². The summed E-state index contributed by atoms with van der Waals surface area (Å²) in [6.07, 6.45) is 0. The van der Waals surface area contributed by atoms with E-state index in [0.29, 0.717) is 34.3 Å². The first-order valence-electron chi connectivity index (χ1n) is 21.2. The van der Waals surface area contributed by atoms with Crippen LogP contribution >= 0.6 is 11.6 Å². The number of primary amides is 2. The van der Waals surface area contributed by atoms with E-state index in [1.54, 1.807) is 50.2 Å². The number of carbonyl (C=O) groups is 4. The molecule has 0 spiro atoms. The van der Waals surface area contributed by atoms with Crippen LogP contribution in [0, 0.1) is 11.6 Å². The Labute approximate surface area is 407 Å². The summed E-state index contributed by atoms with van der Waals surface area (Å²) in [6, 6.07) is 27.3. The number of hydrogen-bond acceptors (Lipinski definition) is 16. The molecule has 7 rings (SSSR count). The summed E-state index contributed by atoms with van der Waals surface area (Å²) in [5.41, 5.74) is 11.7. The van der Waals surface area contributed by atoms with Gasteiger partial charge in [-0.25, -0.2) is 38.3 Å². The minimum atomic E-state index is -0.733. The molecule has 4 aromatic carbocycles. The first-order valence-corrected chi connectivity index (χ1v) is 21.6. The highest BCUT2D eigenvalue weighted by molar-refractivity contribution is 6.62. The van der Waals surface area contributed by atoms with Gasteiger partial charge in [0, 0.05) is 11.6 Å². The molecule has 1 fully saturated rings. The van der Waals surface area contributed by atoms with Crippen LogP contribution in [0.2, 0.25) is 5.15 Å². The summed E-state index contributed by atoms with van der Waals surface area (Å²) >= 11 is 5.68. The molecule has 3 heterocycles. The first kappa shape index (κ1) is 53.2. The zero-order valence-corrected chi connectivity index (χ0v) is 40.0. The molecule has 2 amide bonds. The minimum absolute atomic E-state index is 0.00814. The molecule has 0 unspecified atom stereocenters. The zero-order chi connectivity index (χ0) is 51.3. The van der Waals surface area contributed by atoms with Crippen molar-refractivity contribution in [3.63, 3.8) is 0 Å². The van der Waals surface area contributed by atoms with Gasteiger partial charge in [-0.15, -0.1) is 0 Å². The number of benzene rings is 4. The van der Waals surface area contributed by atoms with Gasteiger partial charge in [0.05, 0.1) is 31.1 Å². The number of halogens is 3. The van der Waals surface area contributed by atoms with Gasteiger partial charge in [-0.05, 0) is 138 Å². The number of anilines is 2. The first-order chi connectivity index (χ1) is 33.1. The Bertz CT molecular complexity index is 2760. The highest BCUT2D eigenvalue weighted by Gasteiger charge is 2.51. The molecular formula is C48H50BClF2N8O10. The van der Waals surface area contributed by atoms with Crippen molar-refractivity contribution in [3.8, 4) is 34.3 Å². The summed E-state index contributed by atoms with van der Waals surface area (Å²) in [4.78, 5) is 61.4. The summed E-state index contributed by atoms with van der Waals surface area (Å²) in [6.45, 7) is 11.2. The fourth-order valence-corrected chi connectivity index (χ4v) is 6.08. The van der Waals surface area contributed by atoms with Gasteiger partial charge in [0.25, 0.3) is 11.8 Å². The number of nitrogens with one attached hydrogen (secondary N) is 2. The number of rotatable bonds is 14. The van der Waals surface area contributed by atoms with Crippen molar-refractivity contribution in [2.24, 2.45) is 11.5 Å². The van der Waals surface area contributed by atoms with Gasteiger partial charge < -0.3 is 50.4 Å². The van der Waals surface area contributed by atoms with Gasteiger partial charge in [0.2, 0.25) is 11.9 Å². The second kappa shape index (κ2) is 23.5. The maximum Gasteiger partial charge on any atom is 0.494 e. The van der Waals surface area contributed by atoms with Crippen LogP contribution in [-0.2, 0) is 28.4 Å². The predicted molar refractivity (Wildman–Crippen MR) is 257 cm³/mol. The Morgan fingerprint density at radius 2 is 0.971 bits per heavy atom. The molecule has 2 atom stereocenters. The standard InChI is InChI=1S/C21H19FN4O4.C18H20BFO3.C9H11ClN4O3/c1-12(20(28)29-2)24-21-25-17(11-18(26-21)19(23)27)13-3-7-15(8-4-13)30-16-9-5-14(22)6-10-16;1-17(2)18(3,4)23-19(22-17)13-5-9-15(10-6-13)21-16-11-7-14(20)8-12-16;1-4(8(16)17-2)12-9-13-5(7(11)15)3-6(10)14-9/h3-12H,1-2H3,(H2,23,27)(H,24,25,26);5-12H,1-4H3;3-4H,1-2H3,(H2,11,15)(H,12,13,14)/t12-;;4-/m0.0/s1. The Kier molecular flexibility index (Phi) is 17.9. The van der Waals surface area contributed by atoms with Crippen molar-refractivity contribution in [2.75, 3.05) is 24.9 Å². The molecule has 1 saturated heterocycles. The SMILES string of the molecule is CC1(C)OB(c2ccc(Oc3ccc(F)cc3)cc2)OC1(C)C.COC(=O)[C@H](C)Nc1nc(C(N)=O)cc(-c2ccc(Oc3ccc(F)cc3)cc2)n1.COC(=O)[C@H](C)Nc1nc(Cl)cc(C(N)=O)n1. The van der Waals surface area contributed by atoms with E-state index in [0.717, 1.165) is 5.46 Å². The van der Waals surface area contributed by atoms with Crippen molar-refractivity contribution >= 4 is 59.8 Å². The molecule has 366 valence electrons. The summed E-state index contributed by atoms with van der Waals surface area (Å²) in [5, 5.41) is 5.48. The largest absolute Gasteiger partial charge is 0.494 e. The van der Waals surface area contributed by atoms with Crippen LogP contribution in [0.25, 0.3) is 11.3 Å². The second-order valence-corrected chi connectivity index (χ2v) is 16.5. The van der Waals surface area contributed by atoms with Crippen LogP contribution in [0.4, 0.5) is 20.7 Å². The van der Waals surface area contributed by atoms with Crippen LogP contribution in [0.3, 0.4) is 0 Å². The molecular weight excluding hydrogens is 933 g/mol. The van der Waals surface area contributed by atoms with E-state index in [9.17, 15) is 28.0 Å². The van der Waals surface area contributed by atoms with Crippen molar-refractivity contribution in [1.29, 1.82) is 0 Å². The third-order valence-electron chi connectivity index (χ3n) is 10.4. The van der Waals surface area contributed by atoms with Crippen molar-refractivity contribution in [1.82, 2.24) is 19.9 Å². The molecule has 1 aliphatic rings. The van der Waals surface area contributed by atoms with Gasteiger partial charge >= 0.3 is 19.1 Å². The molecule has 0 saturated carbocycles. The summed E-state index contributed by atoms with van der Waals surface area (Å²) in [7, 11) is 2.14. The molecule has 0 bridgehead atoms. The third kappa shape index (κ3) is 14.9. The molecule has 6 N–H and O–H groups in total. The van der Waals surface area contributed by atoms with Crippen molar-refractivity contribution < 1.29 is 56.2 Å². The fraction of sp³-hybridized carbons (Fsp3) is 0.250. The van der Waals surface area contributed by atoms with E-state index >= 15 is 0 Å². The Hall–Kier alpha value is -7.75. The number of ether oxygens (including phenoxy) is 4. The average Bonchev–Trinajstić information content (AvgIpc) is 3.55.